The molecule has 1 saturated carbocycles. The normalized spacial score (nSPS) is 38.2. The van der Waals surface area contributed by atoms with E-state index >= 15 is 0 Å². The second kappa shape index (κ2) is 4.51. The molecular formula is C13H17AlO2. The summed E-state index contributed by atoms with van der Waals surface area (Å²) < 4.78 is 11.5. The zero-order valence-electron chi connectivity index (χ0n) is 9.63. The third-order valence-electron chi connectivity index (χ3n) is 3.81. The Labute approximate surface area is 104 Å². The highest BCUT2D eigenvalue weighted by atomic mass is 27.0. The van der Waals surface area contributed by atoms with E-state index in [9.17, 15) is 0 Å². The summed E-state index contributed by atoms with van der Waals surface area (Å²) in [7, 11) is 0. The summed E-state index contributed by atoms with van der Waals surface area (Å²) in [6, 6.07) is 10.8. The molecule has 1 aromatic rings. The van der Waals surface area contributed by atoms with Gasteiger partial charge >= 0.3 is 16.3 Å². The Morgan fingerprint density at radius 1 is 1.12 bits per heavy atom. The van der Waals surface area contributed by atoms with Gasteiger partial charge in [0.1, 0.15) is 0 Å². The number of rotatable bonds is 1. The summed E-state index contributed by atoms with van der Waals surface area (Å²) in [5.41, 5.74) is 1.46. The molecule has 0 aromatic heterocycles. The predicted molar refractivity (Wildman–Crippen MR) is 65.1 cm³/mol. The van der Waals surface area contributed by atoms with Crippen molar-refractivity contribution in [3.8, 4) is 0 Å². The van der Waals surface area contributed by atoms with Crippen LogP contribution in [-0.4, -0.2) is 34.2 Å². The van der Waals surface area contributed by atoms with Gasteiger partial charge in [0.15, 0.2) is 0 Å². The Morgan fingerprint density at radius 2 is 1.94 bits per heavy atom. The summed E-state index contributed by atoms with van der Waals surface area (Å²) in [4.78, 5) is 0. The Bertz CT molecular complexity index is 354. The van der Waals surface area contributed by atoms with Crippen LogP contribution in [0.3, 0.4) is 0 Å². The van der Waals surface area contributed by atoms with Crippen LogP contribution in [0.15, 0.2) is 30.3 Å². The van der Waals surface area contributed by atoms with Gasteiger partial charge in [-0.25, -0.2) is 0 Å². The van der Waals surface area contributed by atoms with Gasteiger partial charge in [0, 0.05) is 5.92 Å². The van der Waals surface area contributed by atoms with Crippen LogP contribution in [0.4, 0.5) is 0 Å². The lowest BCUT2D eigenvalue weighted by Gasteiger charge is -2.31. The van der Waals surface area contributed by atoms with Crippen molar-refractivity contribution < 1.29 is 9.47 Å². The van der Waals surface area contributed by atoms with E-state index in [1.807, 2.05) is 0 Å². The van der Waals surface area contributed by atoms with Gasteiger partial charge in [-0.05, 0) is 24.3 Å². The van der Waals surface area contributed by atoms with Gasteiger partial charge in [-0.3, -0.25) is 0 Å². The van der Waals surface area contributed by atoms with Crippen LogP contribution < -0.4 is 0 Å². The number of benzene rings is 1. The first kappa shape index (κ1) is 10.8. The molecule has 84 valence electrons. The van der Waals surface area contributed by atoms with Crippen molar-refractivity contribution in [3.63, 3.8) is 0 Å². The summed E-state index contributed by atoms with van der Waals surface area (Å²) in [5.74, 6) is 1.29. The lowest BCUT2D eigenvalue weighted by Crippen LogP contribution is -2.36. The summed E-state index contributed by atoms with van der Waals surface area (Å²) in [5, 5.41) is 0.121. The van der Waals surface area contributed by atoms with E-state index in [2.05, 4.69) is 30.3 Å². The average Bonchev–Trinajstić information content (AvgIpc) is 2.73. The highest BCUT2D eigenvalue weighted by Crippen LogP contribution is 2.42. The first-order chi connectivity index (χ1) is 7.83. The van der Waals surface area contributed by atoms with E-state index in [0.717, 1.165) is 22.9 Å². The van der Waals surface area contributed by atoms with Gasteiger partial charge in [-0.2, -0.15) is 0 Å². The SMILES string of the molecule is [AlH2][C@H]1OCC2CC(c3ccccc3)C[C@@H]2O1. The predicted octanol–water partition coefficient (Wildman–Crippen LogP) is 1.51. The van der Waals surface area contributed by atoms with E-state index in [0.29, 0.717) is 17.9 Å². The standard InChI is InChI=1S/C13H15O2.Al.2H/c1-2-4-10(5-3-1)11-6-12-8-14-9-15-13(12)7-11;;;/h1-5,9,11-13H,6-8H2;;;/t11?,12?,13-;;;/m0.../s1. The first-order valence-corrected chi connectivity index (χ1v) is 7.30. The van der Waals surface area contributed by atoms with E-state index in [1.165, 1.54) is 18.4 Å². The van der Waals surface area contributed by atoms with Crippen LogP contribution in [0.25, 0.3) is 0 Å². The highest BCUT2D eigenvalue weighted by Gasteiger charge is 2.39. The van der Waals surface area contributed by atoms with Crippen molar-refractivity contribution in [3.05, 3.63) is 35.9 Å². The second-order valence-corrected chi connectivity index (χ2v) is 5.86. The molecule has 1 saturated heterocycles. The van der Waals surface area contributed by atoms with Crippen molar-refractivity contribution in [2.75, 3.05) is 6.61 Å². The molecule has 1 aliphatic heterocycles. The van der Waals surface area contributed by atoms with Crippen LogP contribution in [0.2, 0.25) is 0 Å². The molecule has 3 heteroatoms. The van der Waals surface area contributed by atoms with Crippen LogP contribution in [0, 0.1) is 5.92 Å². The van der Waals surface area contributed by atoms with Crippen LogP contribution in [0.5, 0.6) is 0 Å². The summed E-state index contributed by atoms with van der Waals surface area (Å²) in [6.45, 7) is 0.905. The molecule has 1 aromatic carbocycles. The first-order valence-electron chi connectivity index (χ1n) is 6.15. The average molecular weight is 232 g/mol. The highest BCUT2D eigenvalue weighted by molar-refractivity contribution is 6.10. The monoisotopic (exact) mass is 232 g/mol. The molecule has 4 atom stereocenters. The number of ether oxygens (including phenoxy) is 2. The lowest BCUT2D eigenvalue weighted by molar-refractivity contribution is -0.187. The largest absolute Gasteiger partial charge is 0.368 e. The minimum atomic E-state index is 0.121. The Hall–Kier alpha value is -0.328. The van der Waals surface area contributed by atoms with Gasteiger partial charge in [-0.1, -0.05) is 30.3 Å². The van der Waals surface area contributed by atoms with Gasteiger partial charge < -0.3 is 9.47 Å². The minimum absolute atomic E-state index is 0.121. The van der Waals surface area contributed by atoms with E-state index in [4.69, 9.17) is 9.47 Å². The number of hydrogen-bond acceptors (Lipinski definition) is 2. The molecule has 3 rings (SSSR count). The molecule has 2 fully saturated rings. The van der Waals surface area contributed by atoms with Crippen molar-refractivity contribution >= 4 is 16.3 Å². The Balaban J connectivity index is 1.73. The molecule has 0 amide bonds. The molecule has 0 radical (unpaired) electrons. The third-order valence-corrected chi connectivity index (χ3v) is 4.42. The second-order valence-electron chi connectivity index (χ2n) is 4.91. The Morgan fingerprint density at radius 3 is 2.75 bits per heavy atom. The van der Waals surface area contributed by atoms with E-state index in [1.54, 1.807) is 0 Å². The van der Waals surface area contributed by atoms with E-state index in [-0.39, 0.29) is 5.15 Å². The fraction of sp³-hybridized carbons (Fsp3) is 0.538. The molecule has 1 heterocycles. The zero-order chi connectivity index (χ0) is 11.0. The van der Waals surface area contributed by atoms with Crippen LogP contribution in [-0.2, 0) is 9.47 Å². The third kappa shape index (κ3) is 2.06. The lowest BCUT2D eigenvalue weighted by atomic mass is 9.97. The molecule has 0 spiro atoms. The summed E-state index contributed by atoms with van der Waals surface area (Å²) >= 11 is 0.982. The van der Waals surface area contributed by atoms with E-state index < -0.39 is 0 Å². The maximum Gasteiger partial charge on any atom is 0.303 e. The van der Waals surface area contributed by atoms with Crippen LogP contribution in [0.1, 0.15) is 24.3 Å². The molecule has 1 aliphatic carbocycles. The van der Waals surface area contributed by atoms with Crippen molar-refractivity contribution in [2.45, 2.75) is 30.0 Å². The fourth-order valence-electron chi connectivity index (χ4n) is 2.97. The topological polar surface area (TPSA) is 18.5 Å². The number of hydrogen-bond donors (Lipinski definition) is 0. The Kier molecular flexibility index (Phi) is 3.04. The number of fused-ring (bicyclic) bond motifs is 1. The molecule has 2 aliphatic rings. The quantitative estimate of drug-likeness (QED) is 0.683. The molecular weight excluding hydrogens is 215 g/mol. The smallest absolute Gasteiger partial charge is 0.303 e. The molecule has 16 heavy (non-hydrogen) atoms. The van der Waals surface area contributed by atoms with Crippen LogP contribution >= 0.6 is 0 Å². The maximum absolute atomic E-state index is 5.90. The van der Waals surface area contributed by atoms with Gasteiger partial charge in [0.05, 0.1) is 17.9 Å². The van der Waals surface area contributed by atoms with Gasteiger partial charge in [0.25, 0.3) is 0 Å². The summed E-state index contributed by atoms with van der Waals surface area (Å²) in [6.07, 6.45) is 2.85. The molecule has 2 nitrogen and oxygen atoms in total. The molecule has 2 unspecified atom stereocenters. The van der Waals surface area contributed by atoms with Crippen molar-refractivity contribution in [2.24, 2.45) is 5.92 Å². The van der Waals surface area contributed by atoms with Gasteiger partial charge in [-0.15, -0.1) is 0 Å². The van der Waals surface area contributed by atoms with Crippen molar-refractivity contribution in [1.29, 1.82) is 0 Å². The molecule has 0 bridgehead atoms. The van der Waals surface area contributed by atoms with Crippen molar-refractivity contribution in [1.82, 2.24) is 0 Å². The molecule has 0 N–H and O–H groups in total. The minimum Gasteiger partial charge on any atom is -0.368 e. The zero-order valence-corrected chi connectivity index (χ0v) is 11.6. The van der Waals surface area contributed by atoms with Gasteiger partial charge in [0.2, 0.25) is 0 Å². The fourth-order valence-corrected chi connectivity index (χ4v) is 3.51. The maximum atomic E-state index is 5.90.